The molecule has 1 rings (SSSR count). The summed E-state index contributed by atoms with van der Waals surface area (Å²) in [5.74, 6) is 0.897. The third-order valence-electron chi connectivity index (χ3n) is 2.86. The van der Waals surface area contributed by atoms with Gasteiger partial charge in [-0.25, -0.2) is 0 Å². The van der Waals surface area contributed by atoms with Crippen LogP contribution in [0.2, 0.25) is 0 Å². The van der Waals surface area contributed by atoms with Crippen LogP contribution in [-0.4, -0.2) is 30.4 Å². The van der Waals surface area contributed by atoms with Gasteiger partial charge < -0.3 is 15.2 Å². The Morgan fingerprint density at radius 3 is 2.39 bits per heavy atom. The van der Waals surface area contributed by atoms with E-state index >= 15 is 0 Å². The second-order valence-corrected chi connectivity index (χ2v) is 4.84. The molecule has 0 saturated carbocycles. The van der Waals surface area contributed by atoms with E-state index in [1.54, 1.807) is 0 Å². The standard InChI is InChI=1S/C15H25NO2/c1-4-13-5-7-15(8-6-13)18-10-9-14(11-17)16-12(2)3/h5-8,12,14,16-17H,4,9-11H2,1-3H3. The van der Waals surface area contributed by atoms with Gasteiger partial charge >= 0.3 is 0 Å². The van der Waals surface area contributed by atoms with E-state index in [1.165, 1.54) is 5.56 Å². The molecule has 0 amide bonds. The quantitative estimate of drug-likeness (QED) is 0.745. The maximum atomic E-state index is 9.22. The average Bonchev–Trinajstić information content (AvgIpc) is 2.38. The highest BCUT2D eigenvalue weighted by Gasteiger charge is 2.08. The highest BCUT2D eigenvalue weighted by Crippen LogP contribution is 2.13. The molecule has 1 atom stereocenters. The summed E-state index contributed by atoms with van der Waals surface area (Å²) < 4.78 is 5.67. The van der Waals surface area contributed by atoms with Crippen molar-refractivity contribution in [1.82, 2.24) is 5.32 Å². The van der Waals surface area contributed by atoms with E-state index in [-0.39, 0.29) is 12.6 Å². The van der Waals surface area contributed by atoms with Crippen LogP contribution in [0.4, 0.5) is 0 Å². The van der Waals surface area contributed by atoms with Gasteiger partial charge in [-0.2, -0.15) is 0 Å². The maximum absolute atomic E-state index is 9.22. The van der Waals surface area contributed by atoms with Gasteiger partial charge in [0.2, 0.25) is 0 Å². The SMILES string of the molecule is CCc1ccc(OCCC(CO)NC(C)C)cc1. The van der Waals surface area contributed by atoms with Gasteiger partial charge in [-0.15, -0.1) is 0 Å². The van der Waals surface area contributed by atoms with Crippen LogP contribution in [0, 0.1) is 0 Å². The lowest BCUT2D eigenvalue weighted by Gasteiger charge is -2.19. The molecule has 1 unspecified atom stereocenters. The van der Waals surface area contributed by atoms with Crippen LogP contribution in [0.15, 0.2) is 24.3 Å². The fourth-order valence-electron chi connectivity index (χ4n) is 1.84. The van der Waals surface area contributed by atoms with Crippen molar-refractivity contribution in [2.24, 2.45) is 0 Å². The Kier molecular flexibility index (Phi) is 6.76. The summed E-state index contributed by atoms with van der Waals surface area (Å²) in [7, 11) is 0. The Labute approximate surface area is 110 Å². The second kappa shape index (κ2) is 8.11. The third kappa shape index (κ3) is 5.52. The van der Waals surface area contributed by atoms with Crippen LogP contribution in [0.1, 0.15) is 32.8 Å². The zero-order valence-corrected chi connectivity index (χ0v) is 11.6. The Bertz CT molecular complexity index is 322. The number of benzene rings is 1. The van der Waals surface area contributed by atoms with E-state index in [9.17, 15) is 5.11 Å². The summed E-state index contributed by atoms with van der Waals surface area (Å²) in [5, 5.41) is 12.5. The smallest absolute Gasteiger partial charge is 0.119 e. The van der Waals surface area contributed by atoms with Crippen molar-refractivity contribution in [3.63, 3.8) is 0 Å². The van der Waals surface area contributed by atoms with E-state index < -0.39 is 0 Å². The number of aliphatic hydroxyl groups excluding tert-OH is 1. The molecule has 3 heteroatoms. The molecule has 1 aromatic carbocycles. The molecule has 0 aliphatic rings. The van der Waals surface area contributed by atoms with Crippen LogP contribution in [-0.2, 0) is 6.42 Å². The van der Waals surface area contributed by atoms with Gasteiger partial charge in [-0.1, -0.05) is 32.9 Å². The molecule has 0 spiro atoms. The first-order valence-corrected chi connectivity index (χ1v) is 6.74. The minimum absolute atomic E-state index is 0.111. The summed E-state index contributed by atoms with van der Waals surface area (Å²) in [6, 6.07) is 8.67. The topological polar surface area (TPSA) is 41.5 Å². The van der Waals surface area contributed by atoms with E-state index in [0.717, 1.165) is 18.6 Å². The van der Waals surface area contributed by atoms with Crippen molar-refractivity contribution in [1.29, 1.82) is 0 Å². The monoisotopic (exact) mass is 251 g/mol. The Morgan fingerprint density at radius 1 is 1.22 bits per heavy atom. The predicted octanol–water partition coefficient (Wildman–Crippen LogP) is 2.38. The molecule has 0 aromatic heterocycles. The highest BCUT2D eigenvalue weighted by molar-refractivity contribution is 5.27. The lowest BCUT2D eigenvalue weighted by atomic mass is 10.2. The number of hydrogen-bond acceptors (Lipinski definition) is 3. The molecular weight excluding hydrogens is 226 g/mol. The summed E-state index contributed by atoms with van der Waals surface area (Å²) in [6.07, 6.45) is 1.86. The summed E-state index contributed by atoms with van der Waals surface area (Å²) in [4.78, 5) is 0. The van der Waals surface area contributed by atoms with Crippen molar-refractivity contribution in [3.8, 4) is 5.75 Å². The van der Waals surface area contributed by atoms with Crippen molar-refractivity contribution in [3.05, 3.63) is 29.8 Å². The lowest BCUT2D eigenvalue weighted by molar-refractivity contribution is 0.202. The fourth-order valence-corrected chi connectivity index (χ4v) is 1.84. The fraction of sp³-hybridized carbons (Fsp3) is 0.600. The van der Waals surface area contributed by atoms with Crippen LogP contribution in [0.5, 0.6) is 5.75 Å². The molecule has 3 nitrogen and oxygen atoms in total. The van der Waals surface area contributed by atoms with Gasteiger partial charge in [0, 0.05) is 12.1 Å². The summed E-state index contributed by atoms with van der Waals surface area (Å²) in [6.45, 7) is 7.06. The zero-order chi connectivity index (χ0) is 13.4. The molecule has 0 aliphatic heterocycles. The highest BCUT2D eigenvalue weighted by atomic mass is 16.5. The van der Waals surface area contributed by atoms with Crippen LogP contribution >= 0.6 is 0 Å². The molecular formula is C15H25NO2. The largest absolute Gasteiger partial charge is 0.494 e. The van der Waals surface area contributed by atoms with Gasteiger partial charge in [0.1, 0.15) is 5.75 Å². The van der Waals surface area contributed by atoms with E-state index in [1.807, 2.05) is 12.1 Å². The molecule has 0 fully saturated rings. The van der Waals surface area contributed by atoms with Gasteiger partial charge in [-0.3, -0.25) is 0 Å². The first kappa shape index (κ1) is 15.0. The molecule has 1 aromatic rings. The molecule has 0 aliphatic carbocycles. The minimum atomic E-state index is 0.111. The van der Waals surface area contributed by atoms with Crippen LogP contribution in [0.25, 0.3) is 0 Å². The number of ether oxygens (including phenoxy) is 1. The van der Waals surface area contributed by atoms with Crippen molar-refractivity contribution in [2.75, 3.05) is 13.2 Å². The summed E-state index contributed by atoms with van der Waals surface area (Å²) in [5.41, 5.74) is 1.32. The lowest BCUT2D eigenvalue weighted by Crippen LogP contribution is -2.38. The Hall–Kier alpha value is -1.06. The van der Waals surface area contributed by atoms with Crippen LogP contribution < -0.4 is 10.1 Å². The van der Waals surface area contributed by atoms with Crippen LogP contribution in [0.3, 0.4) is 0 Å². The molecule has 0 radical (unpaired) electrons. The average molecular weight is 251 g/mol. The first-order valence-electron chi connectivity index (χ1n) is 6.74. The third-order valence-corrected chi connectivity index (χ3v) is 2.86. The number of nitrogens with one attached hydrogen (secondary N) is 1. The van der Waals surface area contributed by atoms with Crippen molar-refractivity contribution < 1.29 is 9.84 Å². The number of aliphatic hydroxyl groups is 1. The molecule has 18 heavy (non-hydrogen) atoms. The minimum Gasteiger partial charge on any atom is -0.494 e. The number of rotatable bonds is 8. The molecule has 0 heterocycles. The molecule has 0 saturated heterocycles. The van der Waals surface area contributed by atoms with Crippen molar-refractivity contribution >= 4 is 0 Å². The first-order chi connectivity index (χ1) is 8.65. The van der Waals surface area contributed by atoms with Gasteiger partial charge in [0.05, 0.1) is 13.2 Å². The van der Waals surface area contributed by atoms with E-state index in [4.69, 9.17) is 4.74 Å². The van der Waals surface area contributed by atoms with Gasteiger partial charge in [0.25, 0.3) is 0 Å². The Morgan fingerprint density at radius 2 is 1.89 bits per heavy atom. The van der Waals surface area contributed by atoms with Gasteiger partial charge in [-0.05, 0) is 30.5 Å². The molecule has 102 valence electrons. The molecule has 2 N–H and O–H groups in total. The predicted molar refractivity (Wildman–Crippen MR) is 75.1 cm³/mol. The number of hydrogen-bond donors (Lipinski definition) is 2. The summed E-state index contributed by atoms with van der Waals surface area (Å²) >= 11 is 0. The Balaban J connectivity index is 2.31. The molecule has 0 bridgehead atoms. The maximum Gasteiger partial charge on any atom is 0.119 e. The normalized spacial score (nSPS) is 12.7. The second-order valence-electron chi connectivity index (χ2n) is 4.84. The van der Waals surface area contributed by atoms with Crippen molar-refractivity contribution in [2.45, 2.75) is 45.7 Å². The van der Waals surface area contributed by atoms with E-state index in [2.05, 4.69) is 38.2 Å². The van der Waals surface area contributed by atoms with E-state index in [0.29, 0.717) is 12.6 Å². The zero-order valence-electron chi connectivity index (χ0n) is 11.6. The van der Waals surface area contributed by atoms with Gasteiger partial charge in [0.15, 0.2) is 0 Å². The number of aryl methyl sites for hydroxylation is 1.